The first kappa shape index (κ1) is 85.0. The molecule has 0 spiro atoms. The maximum atomic E-state index is 12.7. The number of aromatic nitrogens is 6. The van der Waals surface area contributed by atoms with Crippen LogP contribution in [-0.2, 0) is 92.6 Å². The lowest BCUT2D eigenvalue weighted by Crippen LogP contribution is -2.39. The zero-order valence-corrected chi connectivity index (χ0v) is 58.3. The van der Waals surface area contributed by atoms with E-state index in [4.69, 9.17) is 56.3 Å². The van der Waals surface area contributed by atoms with Gasteiger partial charge in [0.05, 0.1) is 57.9 Å². The SMILES string of the molecule is CCC(COC(=O)OCCCOC(=O)NCCCCCCCC(=O)n1cc[n+](CCS(=O)(=O)O)c1)(COC(=O)OCCCOC(=O)NCCCCCCCC(=O)n1cc[n+](CCS(=O)(=O)O)c1)COC(=O)OCCCOC(=O)NCCCCCCNC(=O)n1cc[n+](CCS(=O)(=O)O)c1. The van der Waals surface area contributed by atoms with Gasteiger partial charge in [0.2, 0.25) is 0 Å². The van der Waals surface area contributed by atoms with Crippen molar-refractivity contribution in [1.82, 2.24) is 35.0 Å². The van der Waals surface area contributed by atoms with Crippen LogP contribution in [0.5, 0.6) is 0 Å². The van der Waals surface area contributed by atoms with Gasteiger partial charge in [-0.2, -0.15) is 39.0 Å². The number of imidazole rings is 3. The van der Waals surface area contributed by atoms with Crippen molar-refractivity contribution in [3.63, 3.8) is 0 Å². The zero-order chi connectivity index (χ0) is 72.8. The van der Waals surface area contributed by atoms with E-state index in [0.29, 0.717) is 64.7 Å². The third-order valence-corrected chi connectivity index (χ3v) is 16.6. The Morgan fingerprint density at radius 2 is 0.657 bits per heavy atom. The largest absolute Gasteiger partial charge is 0.508 e. The average Bonchev–Trinajstić information content (AvgIpc) is 1.72. The van der Waals surface area contributed by atoms with Crippen molar-refractivity contribution in [2.24, 2.45) is 5.41 Å². The molecule has 0 aliphatic rings. The quantitative estimate of drug-likeness (QED) is 0.0136. The highest BCUT2D eigenvalue weighted by molar-refractivity contribution is 7.86. The molecule has 4 amide bonds. The van der Waals surface area contributed by atoms with Crippen molar-refractivity contribution in [3.05, 3.63) is 56.2 Å². The molecule has 3 aromatic heterocycles. The molecule has 0 unspecified atom stereocenters. The molecule has 37 nitrogen and oxygen atoms in total. The van der Waals surface area contributed by atoms with Crippen LogP contribution in [0.4, 0.5) is 33.6 Å². The van der Waals surface area contributed by atoms with Crippen molar-refractivity contribution in [2.75, 3.05) is 103 Å². The van der Waals surface area contributed by atoms with E-state index in [2.05, 4.69) is 21.3 Å². The number of nitrogens with zero attached hydrogens (tertiary/aromatic N) is 6. The van der Waals surface area contributed by atoms with Crippen molar-refractivity contribution in [3.8, 4) is 0 Å². The monoisotopic (exact) mass is 1470 g/mol. The van der Waals surface area contributed by atoms with Crippen LogP contribution in [0, 0.1) is 5.41 Å². The molecule has 0 aliphatic heterocycles. The average molecular weight is 1470 g/mol. The van der Waals surface area contributed by atoms with Crippen LogP contribution in [0.15, 0.2) is 56.2 Å². The molecule has 0 saturated carbocycles. The van der Waals surface area contributed by atoms with E-state index in [1.807, 2.05) is 0 Å². The summed E-state index contributed by atoms with van der Waals surface area (Å²) in [4.78, 5) is 112. The molecule has 0 aliphatic carbocycles. The van der Waals surface area contributed by atoms with E-state index < -0.39 is 116 Å². The molecule has 0 radical (unpaired) electrons. The number of alkyl carbamates (subject to hydrolysis) is 3. The number of carbonyl (C=O) groups is 9. The maximum absolute atomic E-state index is 12.7. The van der Waals surface area contributed by atoms with Gasteiger partial charge >= 0.3 is 54.6 Å². The number of aryl methyl sites for hydroxylation is 3. The summed E-state index contributed by atoms with van der Waals surface area (Å²) in [7, 11) is -12.4. The van der Waals surface area contributed by atoms with Crippen LogP contribution in [0.2, 0.25) is 0 Å². The fourth-order valence-corrected chi connectivity index (χ4v) is 10.0. The summed E-state index contributed by atoms with van der Waals surface area (Å²) in [5.41, 5.74) is -1.36. The summed E-state index contributed by atoms with van der Waals surface area (Å²) in [5.74, 6) is -1.75. The molecule has 3 rings (SSSR count). The van der Waals surface area contributed by atoms with Crippen LogP contribution in [0.1, 0.15) is 145 Å². The molecule has 0 fully saturated rings. The van der Waals surface area contributed by atoms with Crippen molar-refractivity contribution in [1.29, 1.82) is 0 Å². The van der Waals surface area contributed by atoms with Gasteiger partial charge in [0.15, 0.2) is 0 Å². The molecule has 560 valence electrons. The minimum Gasteiger partial charge on any atom is -0.449 e. The third-order valence-electron chi connectivity index (χ3n) is 14.5. The predicted octanol–water partition coefficient (Wildman–Crippen LogP) is 4.30. The molecule has 0 saturated heterocycles. The lowest BCUT2D eigenvalue weighted by atomic mass is 9.88. The van der Waals surface area contributed by atoms with Gasteiger partial charge in [-0.25, -0.2) is 56.9 Å². The summed E-state index contributed by atoms with van der Waals surface area (Å²) in [6, 6.07) is -0.408. The Balaban J connectivity index is 1.32. The lowest BCUT2D eigenvalue weighted by Gasteiger charge is -2.30. The summed E-state index contributed by atoms with van der Waals surface area (Å²) < 4.78 is 148. The minimum atomic E-state index is -4.14. The van der Waals surface area contributed by atoms with Gasteiger partial charge in [-0.05, 0) is 44.9 Å². The first-order valence-electron chi connectivity index (χ1n) is 32.6. The first-order chi connectivity index (χ1) is 47.1. The van der Waals surface area contributed by atoms with Gasteiger partial charge in [0.25, 0.3) is 49.3 Å². The van der Waals surface area contributed by atoms with E-state index in [1.54, 1.807) is 19.3 Å². The molecule has 0 bridgehead atoms. The molecule has 0 atom stereocenters. The molecule has 99 heavy (non-hydrogen) atoms. The van der Waals surface area contributed by atoms with Crippen LogP contribution in [-0.4, -0.2) is 210 Å². The Bertz CT molecular complexity index is 2970. The lowest BCUT2D eigenvalue weighted by molar-refractivity contribution is -0.691. The molecular formula is C59H97N10O27S3+3. The van der Waals surface area contributed by atoms with Crippen LogP contribution in [0.3, 0.4) is 0 Å². The number of ether oxygens (including phenoxy) is 9. The molecule has 3 heterocycles. The van der Waals surface area contributed by atoms with E-state index in [0.717, 1.165) is 51.4 Å². The van der Waals surface area contributed by atoms with E-state index in [1.165, 1.54) is 71.2 Å². The van der Waals surface area contributed by atoms with Gasteiger partial charge in [0, 0.05) is 45.4 Å². The van der Waals surface area contributed by atoms with E-state index in [9.17, 15) is 68.4 Å². The minimum absolute atomic E-state index is 0.00806. The van der Waals surface area contributed by atoms with Gasteiger partial charge in [-0.15, -0.1) is 0 Å². The molecule has 3 aromatic rings. The number of unbranched alkanes of at least 4 members (excludes halogenated alkanes) is 11. The third kappa shape index (κ3) is 43.0. The normalized spacial score (nSPS) is 11.6. The molecule has 0 aromatic carbocycles. The summed E-state index contributed by atoms with van der Waals surface area (Å²) >= 11 is 0. The maximum Gasteiger partial charge on any atom is 0.508 e. The number of amides is 4. The second kappa shape index (κ2) is 47.7. The number of rotatable bonds is 51. The summed E-state index contributed by atoms with van der Waals surface area (Å²) in [5, 5.41) is 10.6. The molecule has 40 heteroatoms. The predicted molar refractivity (Wildman–Crippen MR) is 344 cm³/mol. The number of nitrogens with one attached hydrogen (secondary N) is 4. The highest BCUT2D eigenvalue weighted by atomic mass is 32.2. The number of carbonyl (C=O) groups excluding carboxylic acids is 9. The second-order valence-electron chi connectivity index (χ2n) is 22.8. The topological polar surface area (TPSA) is 474 Å². The second-order valence-corrected chi connectivity index (χ2v) is 27.5. The highest BCUT2D eigenvalue weighted by Crippen LogP contribution is 2.25. The Labute approximate surface area is 575 Å². The van der Waals surface area contributed by atoms with Gasteiger partial charge in [0.1, 0.15) is 93.9 Å². The van der Waals surface area contributed by atoms with Gasteiger partial charge in [-0.1, -0.05) is 58.3 Å². The van der Waals surface area contributed by atoms with Crippen LogP contribution >= 0.6 is 0 Å². The number of hydrogen-bond acceptors (Lipinski definition) is 24. The van der Waals surface area contributed by atoms with Crippen LogP contribution < -0.4 is 35.0 Å². The van der Waals surface area contributed by atoms with E-state index >= 15 is 0 Å². The Morgan fingerprint density at radius 3 is 0.980 bits per heavy atom. The fourth-order valence-electron chi connectivity index (χ4n) is 8.72. The molecular weight excluding hydrogens is 1380 g/mol. The van der Waals surface area contributed by atoms with Crippen molar-refractivity contribution < 1.29 is 138 Å². The van der Waals surface area contributed by atoms with Gasteiger partial charge < -0.3 is 63.9 Å². The fraction of sp³-hybridized carbons (Fsp3) is 0.695. The van der Waals surface area contributed by atoms with E-state index in [-0.39, 0.29) is 110 Å². The van der Waals surface area contributed by atoms with Crippen LogP contribution in [0.25, 0.3) is 0 Å². The highest BCUT2D eigenvalue weighted by Gasteiger charge is 2.35. The first-order valence-corrected chi connectivity index (χ1v) is 37.5. The standard InChI is InChI=1S/C59H94N10O27S3/c1-2-59(44-94-56(76)91-38-17-35-88-53(73)61-23-14-7-3-5-11-20-50(70)67-29-26-64(47-67)32-41-97(79,80)81,45-95-57(77)92-39-18-36-89-54(74)62-24-15-8-4-6-12-21-51(71)68-30-27-65(48-68)33-42-98(82,83)84)46-96-58(78)93-40-19-37-90-55(75)63-25-16-10-9-13-22-60-52(72)69-31-28-66(49-69)34-43-99(85,86)87/h26-31,47-49H,2-25,32-46H2,1H3,(H4-3,60,61,62,63,72,73,74,75,79,80,81,82,83,84,85,86,87)/p+3. The summed E-state index contributed by atoms with van der Waals surface area (Å²) in [6.07, 6.45) is 18.9. The summed E-state index contributed by atoms with van der Waals surface area (Å²) in [6.45, 7) is 0.543. The van der Waals surface area contributed by atoms with Crippen molar-refractivity contribution >= 4 is 84.9 Å². The van der Waals surface area contributed by atoms with Crippen molar-refractivity contribution in [2.45, 2.75) is 155 Å². The van der Waals surface area contributed by atoms with Gasteiger partial charge in [-0.3, -0.25) is 13.7 Å². The molecule has 7 N–H and O–H groups in total. The Morgan fingerprint density at radius 1 is 0.374 bits per heavy atom. The number of hydrogen-bond donors (Lipinski definition) is 7. The Hall–Kier alpha value is -8.21. The zero-order valence-electron chi connectivity index (χ0n) is 55.8. The Kier molecular flexibility index (Phi) is 41.0. The smallest absolute Gasteiger partial charge is 0.449 e.